The van der Waals surface area contributed by atoms with Gasteiger partial charge in [-0.05, 0) is 62.7 Å². The van der Waals surface area contributed by atoms with Crippen molar-refractivity contribution in [2.24, 2.45) is 0 Å². The lowest BCUT2D eigenvalue weighted by molar-refractivity contribution is -0.118. The number of para-hydroxylation sites is 1. The SMILES string of the molecule is Cc1cc(C)n(-c2ccc(NC(=O)CCC3NC(=O)c4ccccc4NC3=O)cc2)n1. The summed E-state index contributed by atoms with van der Waals surface area (Å²) in [5.74, 6) is -0.901. The van der Waals surface area contributed by atoms with Crippen LogP contribution in [0.5, 0.6) is 0 Å². The van der Waals surface area contributed by atoms with Gasteiger partial charge in [-0.15, -0.1) is 0 Å². The molecule has 4 rings (SSSR count). The summed E-state index contributed by atoms with van der Waals surface area (Å²) in [5, 5.41) is 12.7. The number of rotatable bonds is 5. The molecular formula is C23H23N5O3. The molecule has 0 fully saturated rings. The third kappa shape index (κ3) is 4.48. The van der Waals surface area contributed by atoms with Gasteiger partial charge >= 0.3 is 0 Å². The molecular weight excluding hydrogens is 394 g/mol. The largest absolute Gasteiger partial charge is 0.340 e. The molecule has 8 nitrogen and oxygen atoms in total. The summed E-state index contributed by atoms with van der Waals surface area (Å²) in [6, 6.07) is 15.4. The minimum Gasteiger partial charge on any atom is -0.340 e. The monoisotopic (exact) mass is 417 g/mol. The Balaban J connectivity index is 1.35. The van der Waals surface area contributed by atoms with Gasteiger partial charge in [0.1, 0.15) is 6.04 Å². The molecule has 3 aromatic rings. The number of benzene rings is 2. The third-order valence-corrected chi connectivity index (χ3v) is 5.12. The van der Waals surface area contributed by atoms with Gasteiger partial charge in [0.2, 0.25) is 11.8 Å². The number of nitrogens with one attached hydrogen (secondary N) is 3. The number of amides is 3. The number of carbonyl (C=O) groups excluding carboxylic acids is 3. The summed E-state index contributed by atoms with van der Waals surface area (Å²) in [6.07, 6.45) is 0.287. The normalized spacial score (nSPS) is 15.5. The summed E-state index contributed by atoms with van der Waals surface area (Å²) < 4.78 is 1.84. The van der Waals surface area contributed by atoms with Crippen LogP contribution in [0.25, 0.3) is 5.69 Å². The number of anilines is 2. The smallest absolute Gasteiger partial charge is 0.254 e. The second-order valence-electron chi connectivity index (χ2n) is 7.53. The highest BCUT2D eigenvalue weighted by atomic mass is 16.2. The van der Waals surface area contributed by atoms with Crippen LogP contribution < -0.4 is 16.0 Å². The molecule has 0 bridgehead atoms. The molecule has 0 spiro atoms. The predicted molar refractivity (Wildman–Crippen MR) is 117 cm³/mol. The average molecular weight is 417 g/mol. The molecule has 1 aliphatic heterocycles. The fraction of sp³-hybridized carbons (Fsp3) is 0.217. The van der Waals surface area contributed by atoms with Crippen LogP contribution in [0.3, 0.4) is 0 Å². The van der Waals surface area contributed by atoms with Crippen LogP contribution in [-0.2, 0) is 9.59 Å². The van der Waals surface area contributed by atoms with Crippen molar-refractivity contribution in [3.8, 4) is 5.69 Å². The fourth-order valence-electron chi connectivity index (χ4n) is 3.59. The molecule has 0 saturated heterocycles. The van der Waals surface area contributed by atoms with Gasteiger partial charge < -0.3 is 16.0 Å². The third-order valence-electron chi connectivity index (χ3n) is 5.12. The van der Waals surface area contributed by atoms with Gasteiger partial charge in [-0.2, -0.15) is 5.10 Å². The molecule has 3 amide bonds. The molecule has 31 heavy (non-hydrogen) atoms. The van der Waals surface area contributed by atoms with E-state index in [4.69, 9.17) is 0 Å². The Labute approximate surface area is 179 Å². The van der Waals surface area contributed by atoms with E-state index in [0.717, 1.165) is 17.1 Å². The number of hydrogen-bond donors (Lipinski definition) is 3. The van der Waals surface area contributed by atoms with Crippen LogP contribution in [0.15, 0.2) is 54.6 Å². The first kappa shape index (κ1) is 20.3. The summed E-state index contributed by atoms with van der Waals surface area (Å²) in [4.78, 5) is 37.2. The van der Waals surface area contributed by atoms with Crippen LogP contribution in [0, 0.1) is 13.8 Å². The Bertz CT molecular complexity index is 1150. The molecule has 0 radical (unpaired) electrons. The zero-order valence-corrected chi connectivity index (χ0v) is 17.3. The maximum Gasteiger partial charge on any atom is 0.254 e. The van der Waals surface area contributed by atoms with E-state index in [2.05, 4.69) is 21.0 Å². The zero-order chi connectivity index (χ0) is 22.0. The van der Waals surface area contributed by atoms with E-state index in [9.17, 15) is 14.4 Å². The highest BCUT2D eigenvalue weighted by Gasteiger charge is 2.27. The molecule has 0 aliphatic carbocycles. The van der Waals surface area contributed by atoms with E-state index in [-0.39, 0.29) is 30.6 Å². The topological polar surface area (TPSA) is 105 Å². The minimum atomic E-state index is -0.779. The van der Waals surface area contributed by atoms with Crippen molar-refractivity contribution < 1.29 is 14.4 Å². The van der Waals surface area contributed by atoms with Crippen LogP contribution in [-0.4, -0.2) is 33.5 Å². The Morgan fingerprint density at radius 1 is 1.10 bits per heavy atom. The number of hydrogen-bond acceptors (Lipinski definition) is 4. The van der Waals surface area contributed by atoms with Crippen molar-refractivity contribution in [1.82, 2.24) is 15.1 Å². The highest BCUT2D eigenvalue weighted by Crippen LogP contribution is 2.20. The van der Waals surface area contributed by atoms with E-state index in [1.165, 1.54) is 0 Å². The minimum absolute atomic E-state index is 0.0912. The van der Waals surface area contributed by atoms with Crippen molar-refractivity contribution in [3.63, 3.8) is 0 Å². The Morgan fingerprint density at radius 3 is 2.55 bits per heavy atom. The van der Waals surface area contributed by atoms with Gasteiger partial charge in [-0.3, -0.25) is 14.4 Å². The molecule has 1 atom stereocenters. The van der Waals surface area contributed by atoms with Gasteiger partial charge in [-0.1, -0.05) is 12.1 Å². The number of aromatic nitrogens is 2. The summed E-state index contributed by atoms with van der Waals surface area (Å²) in [5.41, 5.74) is 4.40. The number of fused-ring (bicyclic) bond motifs is 1. The highest BCUT2D eigenvalue weighted by molar-refractivity contribution is 6.10. The molecule has 2 aromatic carbocycles. The van der Waals surface area contributed by atoms with Crippen molar-refractivity contribution >= 4 is 29.1 Å². The van der Waals surface area contributed by atoms with Crippen molar-refractivity contribution in [1.29, 1.82) is 0 Å². The van der Waals surface area contributed by atoms with Gasteiger partial charge in [0.25, 0.3) is 5.91 Å². The Kier molecular flexibility index (Phi) is 5.53. The fourth-order valence-corrected chi connectivity index (χ4v) is 3.59. The van der Waals surface area contributed by atoms with Crippen LogP contribution in [0.4, 0.5) is 11.4 Å². The lowest BCUT2D eigenvalue weighted by Gasteiger charge is -2.14. The van der Waals surface area contributed by atoms with E-state index in [1.807, 2.05) is 36.7 Å². The molecule has 1 aliphatic rings. The van der Waals surface area contributed by atoms with Crippen molar-refractivity contribution in [2.75, 3.05) is 10.6 Å². The van der Waals surface area contributed by atoms with E-state index >= 15 is 0 Å². The maximum absolute atomic E-state index is 12.4. The molecule has 158 valence electrons. The first-order valence-corrected chi connectivity index (χ1v) is 10.0. The van der Waals surface area contributed by atoms with Gasteiger partial charge in [0.05, 0.1) is 22.6 Å². The molecule has 1 unspecified atom stereocenters. The second kappa shape index (κ2) is 8.43. The maximum atomic E-state index is 12.4. The molecule has 3 N–H and O–H groups in total. The van der Waals surface area contributed by atoms with E-state index < -0.39 is 6.04 Å². The van der Waals surface area contributed by atoms with Gasteiger partial charge in [0.15, 0.2) is 0 Å². The van der Waals surface area contributed by atoms with Crippen LogP contribution >= 0.6 is 0 Å². The standard InChI is InChI=1S/C23H23N5O3/c1-14-13-15(2)28(27-14)17-9-7-16(8-10-17)24-21(29)12-11-20-23(31)25-19-6-4-3-5-18(19)22(30)26-20/h3-10,13,20H,11-12H2,1-2H3,(H,24,29)(H,25,31)(H,26,30). The first-order valence-electron chi connectivity index (χ1n) is 10.0. The van der Waals surface area contributed by atoms with E-state index in [0.29, 0.717) is 16.9 Å². The number of aryl methyl sites for hydroxylation is 2. The van der Waals surface area contributed by atoms with Gasteiger partial charge in [-0.25, -0.2) is 4.68 Å². The van der Waals surface area contributed by atoms with Crippen molar-refractivity contribution in [3.05, 3.63) is 71.5 Å². The lowest BCUT2D eigenvalue weighted by atomic mass is 10.1. The second-order valence-corrected chi connectivity index (χ2v) is 7.53. The molecule has 2 heterocycles. The predicted octanol–water partition coefficient (Wildman–Crippen LogP) is 2.96. The zero-order valence-electron chi connectivity index (χ0n) is 17.3. The number of carbonyl (C=O) groups is 3. The van der Waals surface area contributed by atoms with Crippen LogP contribution in [0.1, 0.15) is 34.6 Å². The van der Waals surface area contributed by atoms with E-state index in [1.54, 1.807) is 36.4 Å². The Hall–Kier alpha value is -3.94. The molecule has 1 aromatic heterocycles. The lowest BCUT2D eigenvalue weighted by Crippen LogP contribution is -2.41. The number of nitrogens with zero attached hydrogens (tertiary/aromatic N) is 2. The summed E-state index contributed by atoms with van der Waals surface area (Å²) in [6.45, 7) is 3.92. The van der Waals surface area contributed by atoms with Crippen LogP contribution in [0.2, 0.25) is 0 Å². The van der Waals surface area contributed by atoms with Crippen molar-refractivity contribution in [2.45, 2.75) is 32.7 Å². The quantitative estimate of drug-likeness (QED) is 0.594. The van der Waals surface area contributed by atoms with Gasteiger partial charge in [0, 0.05) is 17.8 Å². The molecule has 0 saturated carbocycles. The first-order chi connectivity index (χ1) is 14.9. The average Bonchev–Trinajstić information content (AvgIpc) is 3.03. The summed E-state index contributed by atoms with van der Waals surface area (Å²) in [7, 11) is 0. The molecule has 8 heteroatoms. The summed E-state index contributed by atoms with van der Waals surface area (Å²) >= 11 is 0. The Morgan fingerprint density at radius 2 is 1.84 bits per heavy atom.